The summed E-state index contributed by atoms with van der Waals surface area (Å²) in [6, 6.07) is 5.48. The molecular formula is C21H30FN3O3. The molecular weight excluding hydrogens is 361 g/mol. The van der Waals surface area contributed by atoms with Crippen LogP contribution in [0.3, 0.4) is 0 Å². The Kier molecular flexibility index (Phi) is 7.25. The highest BCUT2D eigenvalue weighted by Crippen LogP contribution is 2.29. The summed E-state index contributed by atoms with van der Waals surface area (Å²) in [6.45, 7) is 4.48. The maximum absolute atomic E-state index is 13.0. The summed E-state index contributed by atoms with van der Waals surface area (Å²) in [5.74, 6) is -1.13. The number of carboxylic acid groups (broad SMARTS) is 1. The minimum Gasteiger partial charge on any atom is -0.550 e. The van der Waals surface area contributed by atoms with Gasteiger partial charge in [-0.15, -0.1) is 0 Å². The molecule has 2 saturated heterocycles. The molecule has 3 rings (SSSR count). The van der Waals surface area contributed by atoms with Crippen LogP contribution >= 0.6 is 0 Å². The lowest BCUT2D eigenvalue weighted by molar-refractivity contribution is -0.905. The molecule has 0 aliphatic carbocycles. The van der Waals surface area contributed by atoms with Gasteiger partial charge in [0, 0.05) is 31.2 Å². The molecule has 2 aliphatic rings. The van der Waals surface area contributed by atoms with E-state index in [0.29, 0.717) is 25.2 Å². The van der Waals surface area contributed by atoms with Crippen LogP contribution in [0.2, 0.25) is 0 Å². The lowest BCUT2D eigenvalue weighted by Gasteiger charge is -2.39. The van der Waals surface area contributed by atoms with Crippen LogP contribution in [0.15, 0.2) is 24.3 Å². The Morgan fingerprint density at radius 3 is 2.54 bits per heavy atom. The van der Waals surface area contributed by atoms with Gasteiger partial charge in [0.2, 0.25) is 0 Å². The van der Waals surface area contributed by atoms with Crippen LogP contribution in [0.5, 0.6) is 0 Å². The zero-order chi connectivity index (χ0) is 19.9. The molecule has 0 aromatic heterocycles. The molecule has 2 atom stereocenters. The number of rotatable bonds is 6. The monoisotopic (exact) mass is 391 g/mol. The fraction of sp³-hybridized carbons (Fsp3) is 0.619. The second-order valence-electron chi connectivity index (χ2n) is 8.12. The van der Waals surface area contributed by atoms with Crippen LogP contribution < -0.4 is 15.3 Å². The number of piperidine rings is 2. The van der Waals surface area contributed by atoms with Crippen molar-refractivity contribution in [1.29, 1.82) is 0 Å². The van der Waals surface area contributed by atoms with E-state index >= 15 is 0 Å². The molecule has 0 saturated carbocycles. The number of aliphatic carboxylic acids is 1. The standard InChI is InChI=1S/C21H30FN3O3/c22-18-4-6-19(7-5-18)23-21(28)25-13-9-16(14-20(26)27)17(15-25)8-12-24-10-2-1-3-11-24/h4-7,16-17H,1-3,8-15H2,(H,23,28)(H,26,27)/t16-,17-/m0/s1. The fourth-order valence-electron chi connectivity index (χ4n) is 4.50. The van der Waals surface area contributed by atoms with Crippen molar-refractivity contribution in [3.05, 3.63) is 30.1 Å². The highest BCUT2D eigenvalue weighted by molar-refractivity contribution is 5.89. The molecule has 6 nitrogen and oxygen atoms in total. The summed E-state index contributed by atoms with van der Waals surface area (Å²) < 4.78 is 13.0. The Balaban J connectivity index is 1.58. The molecule has 0 bridgehead atoms. The SMILES string of the molecule is O=C([O-])C[C@@H]1CCN(C(=O)Nc2ccc(F)cc2)C[C@@H]1CC[NH+]1CCCCC1. The first-order valence-corrected chi connectivity index (χ1v) is 10.4. The predicted molar refractivity (Wildman–Crippen MR) is 102 cm³/mol. The largest absolute Gasteiger partial charge is 0.550 e. The zero-order valence-electron chi connectivity index (χ0n) is 16.3. The summed E-state index contributed by atoms with van der Waals surface area (Å²) in [5, 5.41) is 14.0. The minimum absolute atomic E-state index is 0.0593. The van der Waals surface area contributed by atoms with Crippen LogP contribution in [-0.2, 0) is 4.79 Å². The molecule has 2 heterocycles. The summed E-state index contributed by atoms with van der Waals surface area (Å²) in [6.07, 6.45) is 5.48. The van der Waals surface area contributed by atoms with Crippen LogP contribution in [0, 0.1) is 17.7 Å². The average molecular weight is 391 g/mol. The first-order chi connectivity index (χ1) is 13.5. The van der Waals surface area contributed by atoms with Crippen molar-refractivity contribution in [1.82, 2.24) is 4.90 Å². The Bertz CT molecular complexity index is 661. The van der Waals surface area contributed by atoms with Gasteiger partial charge in [-0.1, -0.05) is 0 Å². The van der Waals surface area contributed by atoms with Crippen molar-refractivity contribution in [2.45, 2.75) is 38.5 Å². The number of carbonyl (C=O) groups is 2. The number of carboxylic acids is 1. The molecule has 2 aliphatic heterocycles. The van der Waals surface area contributed by atoms with E-state index in [1.165, 1.54) is 56.6 Å². The molecule has 0 spiro atoms. The van der Waals surface area contributed by atoms with Gasteiger partial charge in [0.15, 0.2) is 0 Å². The lowest BCUT2D eigenvalue weighted by Crippen LogP contribution is -3.12. The van der Waals surface area contributed by atoms with Crippen LogP contribution in [0.4, 0.5) is 14.9 Å². The van der Waals surface area contributed by atoms with Gasteiger partial charge in [-0.3, -0.25) is 0 Å². The van der Waals surface area contributed by atoms with Crippen molar-refractivity contribution < 1.29 is 24.0 Å². The summed E-state index contributed by atoms with van der Waals surface area (Å²) in [5.41, 5.74) is 0.553. The van der Waals surface area contributed by atoms with Crippen molar-refractivity contribution >= 4 is 17.7 Å². The van der Waals surface area contributed by atoms with E-state index in [9.17, 15) is 19.1 Å². The molecule has 154 valence electrons. The highest BCUT2D eigenvalue weighted by atomic mass is 19.1. The Labute approximate surface area is 165 Å². The molecule has 2 amide bonds. The quantitative estimate of drug-likeness (QED) is 0.756. The highest BCUT2D eigenvalue weighted by Gasteiger charge is 2.32. The molecule has 1 aromatic rings. The van der Waals surface area contributed by atoms with Crippen LogP contribution in [0.1, 0.15) is 38.5 Å². The number of hydrogen-bond donors (Lipinski definition) is 2. The van der Waals surface area contributed by atoms with Crippen LogP contribution in [-0.4, -0.2) is 49.6 Å². The Morgan fingerprint density at radius 1 is 1.14 bits per heavy atom. The van der Waals surface area contributed by atoms with Crippen molar-refractivity contribution in [2.24, 2.45) is 11.8 Å². The van der Waals surface area contributed by atoms with Crippen molar-refractivity contribution in [3.8, 4) is 0 Å². The summed E-state index contributed by atoms with van der Waals surface area (Å²) in [7, 11) is 0. The van der Waals surface area contributed by atoms with E-state index in [0.717, 1.165) is 13.0 Å². The molecule has 1 aromatic carbocycles. The molecule has 0 radical (unpaired) electrons. The third kappa shape index (κ3) is 5.92. The van der Waals surface area contributed by atoms with E-state index in [1.54, 1.807) is 9.80 Å². The molecule has 2 fully saturated rings. The number of likely N-dealkylation sites (tertiary alicyclic amines) is 2. The lowest BCUT2D eigenvalue weighted by atomic mass is 9.81. The molecule has 0 unspecified atom stereocenters. The van der Waals surface area contributed by atoms with Crippen LogP contribution in [0.25, 0.3) is 0 Å². The number of hydrogen-bond acceptors (Lipinski definition) is 3. The second-order valence-corrected chi connectivity index (χ2v) is 8.12. The van der Waals surface area contributed by atoms with Gasteiger partial charge >= 0.3 is 6.03 Å². The van der Waals surface area contributed by atoms with Gasteiger partial charge in [-0.2, -0.15) is 0 Å². The third-order valence-electron chi connectivity index (χ3n) is 6.13. The molecule has 2 N–H and O–H groups in total. The van der Waals surface area contributed by atoms with E-state index in [-0.39, 0.29) is 30.1 Å². The first kappa shape index (κ1) is 20.6. The van der Waals surface area contributed by atoms with Gasteiger partial charge in [0.1, 0.15) is 5.82 Å². The normalized spacial score (nSPS) is 23.4. The number of urea groups is 1. The smallest absolute Gasteiger partial charge is 0.321 e. The Hall–Kier alpha value is -2.15. The number of benzene rings is 1. The van der Waals surface area contributed by atoms with E-state index in [4.69, 9.17) is 0 Å². The predicted octanol–water partition coefficient (Wildman–Crippen LogP) is 0.895. The number of halogens is 1. The van der Waals surface area contributed by atoms with Gasteiger partial charge < -0.3 is 25.0 Å². The average Bonchev–Trinajstić information content (AvgIpc) is 2.69. The van der Waals surface area contributed by atoms with E-state index in [1.807, 2.05) is 0 Å². The van der Waals surface area contributed by atoms with Gasteiger partial charge in [0.25, 0.3) is 0 Å². The summed E-state index contributed by atoms with van der Waals surface area (Å²) in [4.78, 5) is 27.1. The zero-order valence-corrected chi connectivity index (χ0v) is 16.3. The number of quaternary nitrogens is 1. The number of anilines is 1. The third-order valence-corrected chi connectivity index (χ3v) is 6.13. The van der Waals surface area contributed by atoms with E-state index < -0.39 is 5.97 Å². The maximum atomic E-state index is 13.0. The van der Waals surface area contributed by atoms with Gasteiger partial charge in [-0.25, -0.2) is 9.18 Å². The number of nitrogens with zero attached hydrogens (tertiary/aromatic N) is 1. The topological polar surface area (TPSA) is 76.9 Å². The maximum Gasteiger partial charge on any atom is 0.321 e. The minimum atomic E-state index is -1.01. The number of nitrogens with one attached hydrogen (secondary N) is 2. The van der Waals surface area contributed by atoms with Crippen molar-refractivity contribution in [2.75, 3.05) is 38.0 Å². The fourth-order valence-corrected chi connectivity index (χ4v) is 4.50. The van der Waals surface area contributed by atoms with Crippen molar-refractivity contribution in [3.63, 3.8) is 0 Å². The van der Waals surface area contributed by atoms with E-state index in [2.05, 4.69) is 5.32 Å². The Morgan fingerprint density at radius 2 is 1.86 bits per heavy atom. The summed E-state index contributed by atoms with van der Waals surface area (Å²) >= 11 is 0. The van der Waals surface area contributed by atoms with Gasteiger partial charge in [0.05, 0.1) is 19.6 Å². The number of carbonyl (C=O) groups excluding carboxylic acids is 2. The molecule has 7 heteroatoms. The number of amides is 2. The first-order valence-electron chi connectivity index (χ1n) is 10.4. The molecule has 28 heavy (non-hydrogen) atoms. The van der Waals surface area contributed by atoms with Gasteiger partial charge in [-0.05, 0) is 68.2 Å². The second kappa shape index (κ2) is 9.87.